The number of hydrogen-bond donors (Lipinski definition) is 2. The summed E-state index contributed by atoms with van der Waals surface area (Å²) in [4.78, 5) is 0. The summed E-state index contributed by atoms with van der Waals surface area (Å²) in [6.07, 6.45) is 0. The molecule has 1 aromatic rings. The molecule has 0 radical (unpaired) electrons. The lowest BCUT2D eigenvalue weighted by Gasteiger charge is -2.17. The molecule has 7 nitrogen and oxygen atoms in total. The van der Waals surface area contributed by atoms with Crippen molar-refractivity contribution < 1.29 is 29.2 Å². The molecule has 0 aliphatic carbocycles. The predicted molar refractivity (Wildman–Crippen MR) is 79.3 cm³/mol. The van der Waals surface area contributed by atoms with E-state index in [4.69, 9.17) is 67.1 Å². The molecule has 1 atom stereocenters. The molecule has 0 saturated heterocycles. The molecule has 0 bridgehead atoms. The van der Waals surface area contributed by atoms with E-state index in [2.05, 4.69) is 0 Å². The predicted octanol–water partition coefficient (Wildman–Crippen LogP) is 3.70. The van der Waals surface area contributed by atoms with Gasteiger partial charge in [-0.2, -0.15) is 0 Å². The maximum Gasteiger partial charge on any atom is 0.548 e. The van der Waals surface area contributed by atoms with Crippen LogP contribution in [0.15, 0.2) is 6.07 Å². The Morgan fingerprint density at radius 3 is 1.71 bits per heavy atom. The molecule has 0 spiro atoms. The fourth-order valence-corrected chi connectivity index (χ4v) is 4.38. The van der Waals surface area contributed by atoms with Crippen LogP contribution in [-0.2, 0) is 24.1 Å². The van der Waals surface area contributed by atoms with Crippen molar-refractivity contribution in [2.24, 2.45) is 0 Å². The van der Waals surface area contributed by atoms with Crippen LogP contribution in [0.2, 0.25) is 20.1 Å². The van der Waals surface area contributed by atoms with Crippen molar-refractivity contribution in [2.45, 2.75) is 5.56 Å². The Bertz CT molecular complexity index is 743. The summed E-state index contributed by atoms with van der Waals surface area (Å²) in [7, 11) is -11.0. The molecular formula is C7H4Cl5O7S2+. The van der Waals surface area contributed by atoms with Crippen LogP contribution >= 0.6 is 58.0 Å². The van der Waals surface area contributed by atoms with Crippen LogP contribution < -0.4 is 0 Å². The minimum Gasteiger partial charge on any atom is -0.222 e. The van der Waals surface area contributed by atoms with E-state index in [0.717, 1.165) is 6.07 Å². The summed E-state index contributed by atoms with van der Waals surface area (Å²) in [5.41, 5.74) is -2.70. The summed E-state index contributed by atoms with van der Waals surface area (Å²) in [6.45, 7) is 0. The number of benzene rings is 1. The molecule has 0 aliphatic heterocycles. The third-order valence-corrected chi connectivity index (χ3v) is 6.60. The van der Waals surface area contributed by atoms with Crippen LogP contribution in [0.3, 0.4) is 0 Å². The monoisotopic (exact) mass is 439 g/mol. The standard InChI is InChI=1S/C7H3Cl5O7S2/c8-3-1-2(4(9)6(11)5(3)10)7(12)19(20(13,14)15)21(16,17)18/h1,7H,(H-,13,14,15,16,17,18)/p+1. The third kappa shape index (κ3) is 4.25. The second kappa shape index (κ2) is 6.52. The molecule has 0 fully saturated rings. The lowest BCUT2D eigenvalue weighted by atomic mass is 10.2. The fourth-order valence-electron chi connectivity index (χ4n) is 1.18. The van der Waals surface area contributed by atoms with E-state index < -0.39 is 36.9 Å². The van der Waals surface area contributed by atoms with Crippen molar-refractivity contribution in [3.05, 3.63) is 31.7 Å². The first kappa shape index (κ1) is 19.5. The Morgan fingerprint density at radius 1 is 0.905 bits per heavy atom. The highest BCUT2D eigenvalue weighted by atomic mass is 35.5. The Balaban J connectivity index is 3.60. The summed E-state index contributed by atoms with van der Waals surface area (Å²) >= 11 is 28.4. The zero-order valence-corrected chi connectivity index (χ0v) is 14.7. The minimum atomic E-state index is -5.52. The van der Waals surface area contributed by atoms with E-state index in [-0.39, 0.29) is 18.3 Å². The van der Waals surface area contributed by atoms with Crippen LogP contribution in [0.1, 0.15) is 11.1 Å². The molecule has 2 N–H and O–H groups in total. The van der Waals surface area contributed by atoms with Crippen LogP contribution in [0, 0.1) is 0 Å². The quantitative estimate of drug-likeness (QED) is 0.242. The Kier molecular flexibility index (Phi) is 6.05. The van der Waals surface area contributed by atoms with Crippen molar-refractivity contribution >= 4 is 78.8 Å². The van der Waals surface area contributed by atoms with Crippen molar-refractivity contribution in [3.63, 3.8) is 0 Å². The molecular weight excluding hydrogens is 437 g/mol. The topological polar surface area (TPSA) is 111 Å². The molecule has 0 aromatic heterocycles. The van der Waals surface area contributed by atoms with Gasteiger partial charge in [-0.25, -0.2) is 9.11 Å². The minimum absolute atomic E-state index is 0.189. The summed E-state index contributed by atoms with van der Waals surface area (Å²) in [5, 5.41) is -1.18. The molecule has 1 rings (SSSR count). The normalized spacial score (nSPS) is 14.5. The van der Waals surface area contributed by atoms with Gasteiger partial charge in [0, 0.05) is 0 Å². The van der Waals surface area contributed by atoms with Crippen molar-refractivity contribution in [2.75, 3.05) is 0 Å². The summed E-state index contributed by atoms with van der Waals surface area (Å²) in [5.74, 6) is 0. The third-order valence-electron chi connectivity index (χ3n) is 1.96. The maximum absolute atomic E-state index is 11.0. The van der Waals surface area contributed by atoms with Gasteiger partial charge in [0.15, 0.2) is 0 Å². The smallest absolute Gasteiger partial charge is 0.222 e. The van der Waals surface area contributed by atoms with Gasteiger partial charge in [-0.15, -0.1) is 20.1 Å². The van der Waals surface area contributed by atoms with E-state index in [1.54, 1.807) is 0 Å². The Hall–Kier alpha value is 0.450. The molecule has 0 aliphatic rings. The number of hydrogen-bond acceptors (Lipinski definition) is 4. The van der Waals surface area contributed by atoms with E-state index >= 15 is 0 Å². The van der Waals surface area contributed by atoms with Gasteiger partial charge in [-0.1, -0.05) is 46.4 Å². The second-order valence-electron chi connectivity index (χ2n) is 3.32. The molecule has 1 aromatic carbocycles. The second-order valence-corrected chi connectivity index (χ2v) is 7.90. The summed E-state index contributed by atoms with van der Waals surface area (Å²) < 4.78 is 62.0. The maximum atomic E-state index is 11.0. The number of rotatable bonds is 4. The molecule has 21 heavy (non-hydrogen) atoms. The van der Waals surface area contributed by atoms with E-state index in [1.165, 1.54) is 0 Å². The van der Waals surface area contributed by atoms with Gasteiger partial charge in [-0.3, -0.25) is 0 Å². The van der Waals surface area contributed by atoms with Gasteiger partial charge in [-0.05, 0) is 17.7 Å². The van der Waals surface area contributed by atoms with E-state index in [9.17, 15) is 16.8 Å². The lowest BCUT2D eigenvalue weighted by molar-refractivity contribution is 0.115. The number of alkyl halides is 1. The molecule has 1 unspecified atom stereocenters. The fraction of sp³-hybridized carbons (Fsp3) is 0.143. The lowest BCUT2D eigenvalue weighted by Crippen LogP contribution is -2.29. The summed E-state index contributed by atoms with van der Waals surface area (Å²) in [6, 6.07) is 0.909. The molecule has 0 amide bonds. The van der Waals surface area contributed by atoms with Crippen molar-refractivity contribution in [3.8, 4) is 0 Å². The molecule has 120 valence electrons. The average molecular weight is 442 g/mol. The highest BCUT2D eigenvalue weighted by Crippen LogP contribution is 2.45. The van der Waals surface area contributed by atoms with E-state index in [0.29, 0.717) is 0 Å². The average Bonchev–Trinajstić information content (AvgIpc) is 2.27. The van der Waals surface area contributed by atoms with E-state index in [1.807, 2.05) is 0 Å². The van der Waals surface area contributed by atoms with Crippen LogP contribution in [0.4, 0.5) is 0 Å². The Morgan fingerprint density at radius 2 is 1.33 bits per heavy atom. The van der Waals surface area contributed by atoms with Gasteiger partial charge < -0.3 is 0 Å². The van der Waals surface area contributed by atoms with Crippen molar-refractivity contribution in [1.82, 2.24) is 0 Å². The zero-order valence-electron chi connectivity index (χ0n) is 9.30. The van der Waals surface area contributed by atoms with Crippen LogP contribution in [0.5, 0.6) is 0 Å². The van der Waals surface area contributed by atoms with Gasteiger partial charge >= 0.3 is 20.8 Å². The Labute approximate surface area is 144 Å². The molecule has 14 heteroatoms. The molecule has 0 heterocycles. The zero-order chi connectivity index (χ0) is 16.7. The number of halogens is 5. The van der Waals surface area contributed by atoms with Gasteiger partial charge in [0.25, 0.3) is 5.56 Å². The van der Waals surface area contributed by atoms with Crippen LogP contribution in [0.25, 0.3) is 0 Å². The van der Waals surface area contributed by atoms with Gasteiger partial charge in [0.1, 0.15) is 0 Å². The molecule has 0 saturated carbocycles. The first-order valence-corrected chi connectivity index (χ1v) is 9.12. The van der Waals surface area contributed by atoms with Gasteiger partial charge in [0.05, 0.1) is 25.7 Å². The van der Waals surface area contributed by atoms with Crippen molar-refractivity contribution in [1.29, 1.82) is 0 Å². The van der Waals surface area contributed by atoms with Crippen LogP contribution in [-0.4, -0.2) is 25.9 Å². The first-order chi connectivity index (χ1) is 9.28. The largest absolute Gasteiger partial charge is 0.548 e. The van der Waals surface area contributed by atoms with Gasteiger partial charge in [0.2, 0.25) is 0 Å². The highest BCUT2D eigenvalue weighted by Gasteiger charge is 2.47. The first-order valence-electron chi connectivity index (χ1n) is 4.44. The highest BCUT2D eigenvalue weighted by molar-refractivity contribution is 7.95. The SMILES string of the molecule is O=S(=O)(O)[O+](C(Cl)c1cc(Cl)c(Cl)c(Cl)c1Cl)S(=O)(=O)O.